The highest BCUT2D eigenvalue weighted by Crippen LogP contribution is 2.21. The highest BCUT2D eigenvalue weighted by Gasteiger charge is 2.03. The molecule has 0 aliphatic carbocycles. The average Bonchev–Trinajstić information content (AvgIpc) is 2.86. The summed E-state index contributed by atoms with van der Waals surface area (Å²) in [6.07, 6.45) is 5.18. The van der Waals surface area contributed by atoms with Crippen LogP contribution in [0.25, 0.3) is 22.2 Å². The Bertz CT molecular complexity index is 660. The molecule has 0 aliphatic heterocycles. The summed E-state index contributed by atoms with van der Waals surface area (Å²) in [5, 5.41) is 10.2. The first-order valence-electron chi connectivity index (χ1n) is 5.36. The van der Waals surface area contributed by atoms with Crippen LogP contribution in [0.5, 0.6) is 0 Å². The Morgan fingerprint density at radius 1 is 1.18 bits per heavy atom. The maximum Gasteiger partial charge on any atom is 0.0889 e. The Morgan fingerprint density at radius 2 is 2.12 bits per heavy atom. The Hall–Kier alpha value is -2.20. The van der Waals surface area contributed by atoms with E-state index in [1.165, 1.54) is 0 Å². The zero-order valence-electron chi connectivity index (χ0n) is 9.09. The lowest BCUT2D eigenvalue weighted by molar-refractivity contribution is 0.276. The van der Waals surface area contributed by atoms with E-state index in [4.69, 9.17) is 5.11 Å². The first kappa shape index (κ1) is 9.99. The molecule has 0 atom stereocenters. The number of aromatic amines is 1. The summed E-state index contributed by atoms with van der Waals surface area (Å²) in [4.78, 5) is 11.5. The molecule has 3 rings (SSSR count). The Labute approximate surface area is 98.0 Å². The summed E-state index contributed by atoms with van der Waals surface area (Å²) in [5.74, 6) is 0. The van der Waals surface area contributed by atoms with Crippen molar-refractivity contribution in [3.8, 4) is 11.3 Å². The van der Waals surface area contributed by atoms with E-state index in [9.17, 15) is 0 Å². The van der Waals surface area contributed by atoms with Crippen LogP contribution in [0.1, 0.15) is 5.69 Å². The largest absolute Gasteiger partial charge is 0.390 e. The molecular weight excluding hydrogens is 214 g/mol. The van der Waals surface area contributed by atoms with E-state index in [0.717, 1.165) is 22.2 Å². The number of hydrogen-bond acceptors (Lipinski definition) is 3. The molecular formula is C13H11N3O. The van der Waals surface area contributed by atoms with Crippen molar-refractivity contribution < 1.29 is 5.11 Å². The van der Waals surface area contributed by atoms with E-state index in [0.29, 0.717) is 5.69 Å². The number of H-pyrrole nitrogens is 1. The van der Waals surface area contributed by atoms with Gasteiger partial charge in [-0.05, 0) is 18.2 Å². The number of nitrogens with zero attached hydrogens (tertiary/aromatic N) is 2. The number of nitrogens with one attached hydrogen (secondary N) is 1. The molecule has 0 saturated carbocycles. The normalized spacial score (nSPS) is 10.9. The second-order valence-corrected chi connectivity index (χ2v) is 3.83. The highest BCUT2D eigenvalue weighted by atomic mass is 16.3. The molecule has 1 aromatic carbocycles. The minimum absolute atomic E-state index is 0.0900. The molecule has 0 aliphatic rings. The van der Waals surface area contributed by atoms with Crippen LogP contribution in [0.2, 0.25) is 0 Å². The first-order chi connectivity index (χ1) is 8.36. The third kappa shape index (κ3) is 1.79. The van der Waals surface area contributed by atoms with E-state index < -0.39 is 0 Å². The average molecular weight is 225 g/mol. The highest BCUT2D eigenvalue weighted by molar-refractivity contribution is 5.84. The van der Waals surface area contributed by atoms with Crippen molar-refractivity contribution in [2.75, 3.05) is 0 Å². The quantitative estimate of drug-likeness (QED) is 0.702. The summed E-state index contributed by atoms with van der Waals surface area (Å²) >= 11 is 0. The lowest BCUT2D eigenvalue weighted by atomic mass is 10.1. The molecule has 4 heteroatoms. The van der Waals surface area contributed by atoms with Crippen LogP contribution < -0.4 is 0 Å². The van der Waals surface area contributed by atoms with E-state index >= 15 is 0 Å². The van der Waals surface area contributed by atoms with Crippen molar-refractivity contribution in [2.45, 2.75) is 6.61 Å². The molecule has 2 heterocycles. The number of aliphatic hydroxyl groups is 1. The Balaban J connectivity index is 2.12. The van der Waals surface area contributed by atoms with Crippen LogP contribution in [0.15, 0.2) is 42.9 Å². The molecule has 3 aromatic rings. The van der Waals surface area contributed by atoms with E-state index in [1.807, 2.05) is 24.4 Å². The van der Waals surface area contributed by atoms with Gasteiger partial charge in [0.25, 0.3) is 0 Å². The fraction of sp³-hybridized carbons (Fsp3) is 0.0769. The van der Waals surface area contributed by atoms with Gasteiger partial charge in [-0.1, -0.05) is 6.07 Å². The lowest BCUT2D eigenvalue weighted by Crippen LogP contribution is -1.93. The number of fused-ring (bicyclic) bond motifs is 1. The molecule has 17 heavy (non-hydrogen) atoms. The Kier molecular flexibility index (Phi) is 2.34. The monoisotopic (exact) mass is 225 g/mol. The summed E-state index contributed by atoms with van der Waals surface area (Å²) in [6.45, 7) is -0.0900. The van der Waals surface area contributed by atoms with Crippen molar-refractivity contribution in [1.29, 1.82) is 0 Å². The zero-order chi connectivity index (χ0) is 11.7. The first-order valence-corrected chi connectivity index (χ1v) is 5.36. The van der Waals surface area contributed by atoms with Gasteiger partial charge in [0.15, 0.2) is 0 Å². The predicted molar refractivity (Wildman–Crippen MR) is 65.2 cm³/mol. The molecule has 84 valence electrons. The van der Waals surface area contributed by atoms with Gasteiger partial charge in [-0.15, -0.1) is 0 Å². The van der Waals surface area contributed by atoms with Crippen molar-refractivity contribution in [3.05, 3.63) is 48.5 Å². The van der Waals surface area contributed by atoms with E-state index in [-0.39, 0.29) is 6.61 Å². The smallest absolute Gasteiger partial charge is 0.0889 e. The minimum Gasteiger partial charge on any atom is -0.390 e. The fourth-order valence-electron chi connectivity index (χ4n) is 1.83. The molecule has 0 bridgehead atoms. The van der Waals surface area contributed by atoms with Crippen LogP contribution in [0.3, 0.4) is 0 Å². The van der Waals surface area contributed by atoms with E-state index in [1.54, 1.807) is 12.4 Å². The van der Waals surface area contributed by atoms with Gasteiger partial charge in [-0.2, -0.15) is 0 Å². The summed E-state index contributed by atoms with van der Waals surface area (Å²) in [6, 6.07) is 8.07. The molecule has 2 aromatic heterocycles. The third-order valence-corrected chi connectivity index (χ3v) is 2.70. The second-order valence-electron chi connectivity index (χ2n) is 3.83. The van der Waals surface area contributed by atoms with Gasteiger partial charge >= 0.3 is 0 Å². The maximum absolute atomic E-state index is 9.04. The number of benzene rings is 1. The molecule has 2 N–H and O–H groups in total. The predicted octanol–water partition coefficient (Wildman–Crippen LogP) is 2.12. The van der Waals surface area contributed by atoms with Gasteiger partial charge in [0.1, 0.15) is 0 Å². The molecule has 0 unspecified atom stereocenters. The van der Waals surface area contributed by atoms with Gasteiger partial charge in [0.2, 0.25) is 0 Å². The van der Waals surface area contributed by atoms with Crippen molar-refractivity contribution in [2.24, 2.45) is 0 Å². The fourth-order valence-corrected chi connectivity index (χ4v) is 1.83. The molecule has 0 amide bonds. The molecule has 4 nitrogen and oxygen atoms in total. The van der Waals surface area contributed by atoms with Crippen molar-refractivity contribution in [1.82, 2.24) is 15.0 Å². The topological polar surface area (TPSA) is 61.8 Å². The summed E-state index contributed by atoms with van der Waals surface area (Å²) < 4.78 is 0. The van der Waals surface area contributed by atoms with Gasteiger partial charge < -0.3 is 10.1 Å². The lowest BCUT2D eigenvalue weighted by Gasteiger charge is -2.02. The van der Waals surface area contributed by atoms with Gasteiger partial charge in [0, 0.05) is 22.7 Å². The molecule has 0 spiro atoms. The number of aliphatic hydroxyl groups excluding tert-OH is 1. The second kappa shape index (κ2) is 3.99. The molecule has 0 radical (unpaired) electrons. The number of aromatic nitrogens is 3. The van der Waals surface area contributed by atoms with Crippen LogP contribution in [0.4, 0.5) is 0 Å². The third-order valence-electron chi connectivity index (χ3n) is 2.70. The minimum atomic E-state index is -0.0900. The van der Waals surface area contributed by atoms with Gasteiger partial charge in [-0.3, -0.25) is 4.98 Å². The molecule has 0 fully saturated rings. The van der Waals surface area contributed by atoms with Gasteiger partial charge in [-0.25, -0.2) is 4.98 Å². The summed E-state index contributed by atoms with van der Waals surface area (Å²) in [5.41, 5.74) is 3.45. The summed E-state index contributed by atoms with van der Waals surface area (Å²) in [7, 11) is 0. The van der Waals surface area contributed by atoms with Crippen LogP contribution in [-0.2, 0) is 6.61 Å². The SMILES string of the molecule is OCc1cncc(-c2ccc3[nH]ccc3c2)n1. The zero-order valence-corrected chi connectivity index (χ0v) is 9.09. The maximum atomic E-state index is 9.04. The van der Waals surface area contributed by atoms with Crippen molar-refractivity contribution >= 4 is 10.9 Å². The standard InChI is InChI=1S/C13H11N3O/c17-8-11-6-14-7-13(16-11)9-1-2-12-10(5-9)3-4-15-12/h1-7,15,17H,8H2. The van der Waals surface area contributed by atoms with Gasteiger partial charge in [0.05, 0.1) is 30.4 Å². The van der Waals surface area contributed by atoms with Crippen LogP contribution in [0, 0.1) is 0 Å². The van der Waals surface area contributed by atoms with Crippen LogP contribution in [-0.4, -0.2) is 20.1 Å². The van der Waals surface area contributed by atoms with Crippen LogP contribution >= 0.6 is 0 Å². The van der Waals surface area contributed by atoms with E-state index in [2.05, 4.69) is 21.0 Å². The number of rotatable bonds is 2. The number of hydrogen-bond donors (Lipinski definition) is 2. The Morgan fingerprint density at radius 3 is 3.00 bits per heavy atom. The van der Waals surface area contributed by atoms with Crippen molar-refractivity contribution in [3.63, 3.8) is 0 Å². The molecule has 0 saturated heterocycles.